The van der Waals surface area contributed by atoms with Crippen molar-refractivity contribution in [3.63, 3.8) is 0 Å². The summed E-state index contributed by atoms with van der Waals surface area (Å²) in [6.07, 6.45) is 1.64. The normalized spacial score (nSPS) is 22.9. The summed E-state index contributed by atoms with van der Waals surface area (Å²) < 4.78 is 5.82. The summed E-state index contributed by atoms with van der Waals surface area (Å²) in [4.78, 5) is 34.2. The second kappa shape index (κ2) is 7.56. The first kappa shape index (κ1) is 18.4. The molecule has 0 spiro atoms. The molecule has 2 aromatic rings. The van der Waals surface area contributed by atoms with Gasteiger partial charge in [-0.15, -0.1) is 0 Å². The first-order valence-electron chi connectivity index (χ1n) is 9.51. The zero-order valence-electron chi connectivity index (χ0n) is 16.0. The summed E-state index contributed by atoms with van der Waals surface area (Å²) in [5.41, 5.74) is 2.37. The minimum atomic E-state index is -0.274. The molecule has 0 N–H and O–H groups in total. The molecule has 144 valence electrons. The number of morpholine rings is 1. The standard InChI is InChI=1S/C22H23N3O3/c1-15-12-24(13-16(2)28-15)20-19(17-8-4-3-5-9-17)21(26)25(22(20)27)14-18-10-6-7-11-23-18/h3-11,15-16H,12-14H2,1-2H3. The number of hydrogen-bond donors (Lipinski definition) is 0. The van der Waals surface area contributed by atoms with E-state index < -0.39 is 0 Å². The SMILES string of the molecule is CC1CN(C2=C(c3ccccc3)C(=O)N(Cc3ccccn3)C2=O)CC(C)O1. The molecule has 2 aliphatic rings. The molecule has 2 atom stereocenters. The van der Waals surface area contributed by atoms with Crippen molar-refractivity contribution in [3.05, 3.63) is 71.7 Å². The summed E-state index contributed by atoms with van der Waals surface area (Å²) in [6.45, 7) is 5.28. The van der Waals surface area contributed by atoms with Crippen LogP contribution in [0.4, 0.5) is 0 Å². The summed E-state index contributed by atoms with van der Waals surface area (Å²) in [5, 5.41) is 0. The Bertz CT molecular complexity index is 901. The third-order valence-corrected chi connectivity index (χ3v) is 4.99. The van der Waals surface area contributed by atoms with E-state index in [4.69, 9.17) is 4.74 Å². The number of nitrogens with zero attached hydrogens (tertiary/aromatic N) is 3. The van der Waals surface area contributed by atoms with Gasteiger partial charge in [0.25, 0.3) is 11.8 Å². The van der Waals surface area contributed by atoms with Gasteiger partial charge in [-0.1, -0.05) is 36.4 Å². The molecule has 0 aliphatic carbocycles. The van der Waals surface area contributed by atoms with Crippen LogP contribution in [0.5, 0.6) is 0 Å². The first-order chi connectivity index (χ1) is 13.5. The molecule has 6 nitrogen and oxygen atoms in total. The van der Waals surface area contributed by atoms with Gasteiger partial charge < -0.3 is 9.64 Å². The van der Waals surface area contributed by atoms with Gasteiger partial charge in [0.05, 0.1) is 30.0 Å². The van der Waals surface area contributed by atoms with Crippen LogP contribution in [0.15, 0.2) is 60.4 Å². The zero-order chi connectivity index (χ0) is 19.7. The van der Waals surface area contributed by atoms with Crippen molar-refractivity contribution in [2.24, 2.45) is 0 Å². The second-order valence-corrected chi connectivity index (χ2v) is 7.27. The van der Waals surface area contributed by atoms with E-state index in [1.807, 2.05) is 67.3 Å². The Labute approximate surface area is 164 Å². The van der Waals surface area contributed by atoms with Crippen molar-refractivity contribution in [2.45, 2.75) is 32.6 Å². The summed E-state index contributed by atoms with van der Waals surface area (Å²) in [6, 6.07) is 14.9. The van der Waals surface area contributed by atoms with E-state index in [9.17, 15) is 9.59 Å². The van der Waals surface area contributed by atoms with Crippen LogP contribution < -0.4 is 0 Å². The fourth-order valence-corrected chi connectivity index (χ4v) is 3.88. The number of pyridine rings is 1. The van der Waals surface area contributed by atoms with Gasteiger partial charge in [0.2, 0.25) is 0 Å². The highest BCUT2D eigenvalue weighted by atomic mass is 16.5. The fraction of sp³-hybridized carbons (Fsp3) is 0.318. The van der Waals surface area contributed by atoms with Crippen molar-refractivity contribution in [1.29, 1.82) is 0 Å². The van der Waals surface area contributed by atoms with E-state index in [2.05, 4.69) is 4.98 Å². The van der Waals surface area contributed by atoms with E-state index in [1.54, 1.807) is 6.20 Å². The second-order valence-electron chi connectivity index (χ2n) is 7.27. The lowest BCUT2D eigenvalue weighted by molar-refractivity contribution is -0.139. The molecule has 6 heteroatoms. The zero-order valence-corrected chi connectivity index (χ0v) is 16.0. The average molecular weight is 377 g/mol. The average Bonchev–Trinajstić information content (AvgIpc) is 2.93. The Morgan fingerprint density at radius 1 is 0.964 bits per heavy atom. The van der Waals surface area contributed by atoms with Gasteiger partial charge in [-0.25, -0.2) is 0 Å². The first-order valence-corrected chi connectivity index (χ1v) is 9.51. The number of ether oxygens (including phenoxy) is 1. The predicted octanol–water partition coefficient (Wildman–Crippen LogP) is 2.47. The van der Waals surface area contributed by atoms with Crippen LogP contribution in [-0.4, -0.2) is 51.9 Å². The Balaban J connectivity index is 1.74. The van der Waals surface area contributed by atoms with Crippen LogP contribution in [0.3, 0.4) is 0 Å². The molecule has 1 fully saturated rings. The molecule has 2 aliphatic heterocycles. The topological polar surface area (TPSA) is 62.7 Å². The number of carbonyl (C=O) groups is 2. The van der Waals surface area contributed by atoms with Gasteiger partial charge in [0.1, 0.15) is 5.70 Å². The molecule has 3 heterocycles. The predicted molar refractivity (Wildman–Crippen MR) is 105 cm³/mol. The number of imide groups is 1. The monoisotopic (exact) mass is 377 g/mol. The molecular weight excluding hydrogens is 354 g/mol. The third-order valence-electron chi connectivity index (χ3n) is 4.99. The smallest absolute Gasteiger partial charge is 0.278 e. The Kier molecular flexibility index (Phi) is 4.96. The maximum absolute atomic E-state index is 13.4. The highest BCUT2D eigenvalue weighted by Gasteiger charge is 2.43. The molecular formula is C22H23N3O3. The van der Waals surface area contributed by atoms with E-state index in [1.165, 1.54) is 4.90 Å². The summed E-state index contributed by atoms with van der Waals surface area (Å²) >= 11 is 0. The third kappa shape index (κ3) is 3.43. The van der Waals surface area contributed by atoms with Crippen LogP contribution in [0, 0.1) is 0 Å². The van der Waals surface area contributed by atoms with Crippen molar-refractivity contribution < 1.29 is 14.3 Å². The number of hydrogen-bond acceptors (Lipinski definition) is 5. The van der Waals surface area contributed by atoms with Gasteiger partial charge in [-0.3, -0.25) is 19.5 Å². The van der Waals surface area contributed by atoms with Crippen molar-refractivity contribution >= 4 is 17.4 Å². The highest BCUT2D eigenvalue weighted by molar-refractivity contribution is 6.35. The van der Waals surface area contributed by atoms with Crippen LogP contribution in [0.1, 0.15) is 25.1 Å². The Morgan fingerprint density at radius 3 is 2.29 bits per heavy atom. The largest absolute Gasteiger partial charge is 0.372 e. The van der Waals surface area contributed by atoms with Crippen molar-refractivity contribution in [2.75, 3.05) is 13.1 Å². The van der Waals surface area contributed by atoms with Crippen molar-refractivity contribution in [3.8, 4) is 0 Å². The molecule has 28 heavy (non-hydrogen) atoms. The van der Waals surface area contributed by atoms with Crippen LogP contribution in [0.25, 0.3) is 5.57 Å². The Morgan fingerprint density at radius 2 is 1.64 bits per heavy atom. The maximum atomic E-state index is 13.4. The molecule has 1 saturated heterocycles. The van der Waals surface area contributed by atoms with Crippen LogP contribution in [0.2, 0.25) is 0 Å². The molecule has 2 amide bonds. The van der Waals surface area contributed by atoms with Gasteiger partial charge >= 0.3 is 0 Å². The minimum Gasteiger partial charge on any atom is -0.372 e. The number of carbonyl (C=O) groups excluding carboxylic acids is 2. The fourth-order valence-electron chi connectivity index (χ4n) is 3.88. The molecule has 0 saturated carbocycles. The van der Waals surface area contributed by atoms with Gasteiger partial charge in [0.15, 0.2) is 0 Å². The number of aromatic nitrogens is 1. The van der Waals surface area contributed by atoms with Gasteiger partial charge in [-0.05, 0) is 31.5 Å². The Hall–Kier alpha value is -2.99. The molecule has 0 bridgehead atoms. The van der Waals surface area contributed by atoms with E-state index in [-0.39, 0.29) is 30.6 Å². The molecule has 4 rings (SSSR count). The number of rotatable bonds is 4. The van der Waals surface area contributed by atoms with Gasteiger partial charge in [-0.2, -0.15) is 0 Å². The van der Waals surface area contributed by atoms with Crippen LogP contribution >= 0.6 is 0 Å². The summed E-state index contributed by atoms with van der Waals surface area (Å²) in [5.74, 6) is -0.542. The van der Waals surface area contributed by atoms with E-state index in [0.29, 0.717) is 30.1 Å². The summed E-state index contributed by atoms with van der Waals surface area (Å²) in [7, 11) is 0. The minimum absolute atomic E-state index is 0.0129. The molecule has 0 radical (unpaired) electrons. The highest BCUT2D eigenvalue weighted by Crippen LogP contribution is 2.33. The maximum Gasteiger partial charge on any atom is 0.278 e. The lowest BCUT2D eigenvalue weighted by Crippen LogP contribution is -2.46. The van der Waals surface area contributed by atoms with Crippen molar-refractivity contribution in [1.82, 2.24) is 14.8 Å². The number of amides is 2. The van der Waals surface area contributed by atoms with E-state index in [0.717, 1.165) is 5.56 Å². The van der Waals surface area contributed by atoms with Gasteiger partial charge in [0, 0.05) is 19.3 Å². The van der Waals surface area contributed by atoms with Crippen LogP contribution in [-0.2, 0) is 20.9 Å². The van der Waals surface area contributed by atoms with E-state index >= 15 is 0 Å². The lowest BCUT2D eigenvalue weighted by atomic mass is 10.0. The lowest BCUT2D eigenvalue weighted by Gasteiger charge is -2.37. The quantitative estimate of drug-likeness (QED) is 0.766. The number of benzene rings is 1. The molecule has 1 aromatic carbocycles. The molecule has 2 unspecified atom stereocenters. The molecule has 1 aromatic heterocycles.